The van der Waals surface area contributed by atoms with E-state index in [2.05, 4.69) is 20.2 Å². The molecule has 25 heavy (non-hydrogen) atoms. The average molecular weight is 346 g/mol. The lowest BCUT2D eigenvalue weighted by atomic mass is 9.95. The number of para-hydroxylation sites is 1. The van der Waals surface area contributed by atoms with Crippen molar-refractivity contribution in [3.63, 3.8) is 0 Å². The van der Waals surface area contributed by atoms with Gasteiger partial charge >= 0.3 is 0 Å². The molecule has 6 nitrogen and oxygen atoms in total. The molecule has 1 aromatic carbocycles. The summed E-state index contributed by atoms with van der Waals surface area (Å²) in [5.74, 6) is 0.521. The van der Waals surface area contributed by atoms with E-state index in [4.69, 9.17) is 4.74 Å². The van der Waals surface area contributed by atoms with Crippen LogP contribution in [0, 0.1) is 11.7 Å². The molecular formula is C18H23FN4O2. The Labute approximate surface area is 146 Å². The van der Waals surface area contributed by atoms with Crippen molar-refractivity contribution in [3.8, 4) is 0 Å². The maximum absolute atomic E-state index is 13.9. The number of rotatable bonds is 6. The molecule has 0 bridgehead atoms. The van der Waals surface area contributed by atoms with Crippen molar-refractivity contribution >= 4 is 22.6 Å². The van der Waals surface area contributed by atoms with Gasteiger partial charge in [-0.2, -0.15) is 0 Å². The Morgan fingerprint density at radius 3 is 2.92 bits per heavy atom. The summed E-state index contributed by atoms with van der Waals surface area (Å²) >= 11 is 0. The monoisotopic (exact) mass is 346 g/mol. The molecule has 0 aliphatic carbocycles. The van der Waals surface area contributed by atoms with Crippen molar-refractivity contribution in [2.24, 2.45) is 5.92 Å². The summed E-state index contributed by atoms with van der Waals surface area (Å²) in [5.41, 5.74) is 0.338. The van der Waals surface area contributed by atoms with E-state index in [0.717, 1.165) is 38.2 Å². The fourth-order valence-electron chi connectivity index (χ4n) is 3.22. The van der Waals surface area contributed by atoms with Crippen LogP contribution in [-0.4, -0.2) is 49.2 Å². The molecule has 0 radical (unpaired) electrons. The Balaban J connectivity index is 1.61. The molecule has 0 spiro atoms. The molecule has 0 unspecified atom stereocenters. The standard InChI is InChI=1S/C18H23FN4O2/c1-25-11-3-8-20-18(24)13-6-9-23(10-7-13)17-14-4-2-5-15(19)16(14)21-12-22-17/h2,4-5,12-13H,3,6-11H2,1H3,(H,20,24). The number of anilines is 1. The van der Waals surface area contributed by atoms with Crippen molar-refractivity contribution in [3.05, 3.63) is 30.3 Å². The summed E-state index contributed by atoms with van der Waals surface area (Å²) in [7, 11) is 1.65. The minimum atomic E-state index is -0.341. The third-order valence-electron chi connectivity index (χ3n) is 4.58. The zero-order valence-corrected chi connectivity index (χ0v) is 14.4. The number of aromatic nitrogens is 2. The van der Waals surface area contributed by atoms with Gasteiger partial charge in [0.05, 0.1) is 0 Å². The maximum Gasteiger partial charge on any atom is 0.223 e. The first-order chi connectivity index (χ1) is 12.2. The molecule has 1 amide bonds. The number of fused-ring (bicyclic) bond motifs is 1. The van der Waals surface area contributed by atoms with Gasteiger partial charge in [0, 0.05) is 44.7 Å². The quantitative estimate of drug-likeness (QED) is 0.812. The number of hydrogen-bond donors (Lipinski definition) is 1. The van der Waals surface area contributed by atoms with Crippen LogP contribution in [0.5, 0.6) is 0 Å². The molecule has 1 saturated heterocycles. The molecule has 134 valence electrons. The van der Waals surface area contributed by atoms with Crippen molar-refractivity contribution < 1.29 is 13.9 Å². The summed E-state index contributed by atoms with van der Waals surface area (Å²) in [6.07, 6.45) is 3.74. The van der Waals surface area contributed by atoms with Crippen LogP contribution in [0.1, 0.15) is 19.3 Å². The van der Waals surface area contributed by atoms with Crippen LogP contribution in [0.4, 0.5) is 10.2 Å². The minimum absolute atomic E-state index is 0.0173. The van der Waals surface area contributed by atoms with Crippen molar-refractivity contribution in [1.82, 2.24) is 15.3 Å². The highest BCUT2D eigenvalue weighted by Gasteiger charge is 2.26. The van der Waals surface area contributed by atoms with Crippen LogP contribution in [0.15, 0.2) is 24.5 Å². The van der Waals surface area contributed by atoms with E-state index in [-0.39, 0.29) is 17.6 Å². The zero-order chi connectivity index (χ0) is 17.6. The van der Waals surface area contributed by atoms with Gasteiger partial charge in [0.2, 0.25) is 5.91 Å². The second-order valence-corrected chi connectivity index (χ2v) is 6.23. The lowest BCUT2D eigenvalue weighted by molar-refractivity contribution is -0.125. The Morgan fingerprint density at radius 1 is 1.36 bits per heavy atom. The molecule has 0 atom stereocenters. The first-order valence-corrected chi connectivity index (χ1v) is 8.61. The van der Waals surface area contributed by atoms with Gasteiger partial charge in [-0.3, -0.25) is 4.79 Å². The zero-order valence-electron chi connectivity index (χ0n) is 14.4. The van der Waals surface area contributed by atoms with Gasteiger partial charge in [0.1, 0.15) is 23.5 Å². The molecule has 0 saturated carbocycles. The first-order valence-electron chi connectivity index (χ1n) is 8.61. The number of nitrogens with zero attached hydrogens (tertiary/aromatic N) is 3. The van der Waals surface area contributed by atoms with E-state index in [0.29, 0.717) is 24.1 Å². The maximum atomic E-state index is 13.9. The molecule has 3 rings (SSSR count). The van der Waals surface area contributed by atoms with Gasteiger partial charge in [-0.05, 0) is 31.4 Å². The molecule has 2 aromatic rings. The summed E-state index contributed by atoms with van der Waals surface area (Å²) in [5, 5.41) is 3.68. The average Bonchev–Trinajstić information content (AvgIpc) is 2.65. The molecular weight excluding hydrogens is 323 g/mol. The predicted octanol–water partition coefficient (Wildman–Crippen LogP) is 2.14. The summed E-state index contributed by atoms with van der Waals surface area (Å²) < 4.78 is 18.9. The van der Waals surface area contributed by atoms with Crippen LogP contribution in [0.25, 0.3) is 10.9 Å². The largest absolute Gasteiger partial charge is 0.385 e. The van der Waals surface area contributed by atoms with E-state index in [1.54, 1.807) is 13.2 Å². The summed E-state index contributed by atoms with van der Waals surface area (Å²) in [6, 6.07) is 4.91. The number of ether oxygens (including phenoxy) is 1. The fraction of sp³-hybridized carbons (Fsp3) is 0.500. The first kappa shape index (κ1) is 17.5. The molecule has 1 aliphatic heterocycles. The van der Waals surface area contributed by atoms with E-state index < -0.39 is 0 Å². The number of piperidine rings is 1. The normalized spacial score (nSPS) is 15.5. The summed E-state index contributed by atoms with van der Waals surface area (Å²) in [4.78, 5) is 22.7. The highest BCUT2D eigenvalue weighted by molar-refractivity contribution is 5.89. The van der Waals surface area contributed by atoms with E-state index in [1.807, 2.05) is 6.07 Å². The van der Waals surface area contributed by atoms with Gasteiger partial charge in [0.25, 0.3) is 0 Å². The van der Waals surface area contributed by atoms with E-state index in [9.17, 15) is 9.18 Å². The Hall–Kier alpha value is -2.28. The lowest BCUT2D eigenvalue weighted by Gasteiger charge is -2.32. The number of benzene rings is 1. The van der Waals surface area contributed by atoms with Crippen LogP contribution in [0.3, 0.4) is 0 Å². The van der Waals surface area contributed by atoms with Gasteiger partial charge in [-0.1, -0.05) is 6.07 Å². The Kier molecular flexibility index (Phi) is 5.75. The van der Waals surface area contributed by atoms with Crippen LogP contribution < -0.4 is 10.2 Å². The number of halogens is 1. The minimum Gasteiger partial charge on any atom is -0.385 e. The molecule has 2 heterocycles. The number of carbonyl (C=O) groups is 1. The van der Waals surface area contributed by atoms with Crippen LogP contribution in [-0.2, 0) is 9.53 Å². The molecule has 1 aliphatic rings. The van der Waals surface area contributed by atoms with Gasteiger partial charge in [-0.15, -0.1) is 0 Å². The van der Waals surface area contributed by atoms with E-state index >= 15 is 0 Å². The highest BCUT2D eigenvalue weighted by atomic mass is 19.1. The highest BCUT2D eigenvalue weighted by Crippen LogP contribution is 2.28. The lowest BCUT2D eigenvalue weighted by Crippen LogP contribution is -2.41. The molecule has 1 aromatic heterocycles. The van der Waals surface area contributed by atoms with E-state index in [1.165, 1.54) is 12.4 Å². The fourth-order valence-corrected chi connectivity index (χ4v) is 3.22. The number of nitrogens with one attached hydrogen (secondary N) is 1. The molecule has 1 fully saturated rings. The molecule has 1 N–H and O–H groups in total. The topological polar surface area (TPSA) is 67.3 Å². The summed E-state index contributed by atoms with van der Waals surface area (Å²) in [6.45, 7) is 2.73. The van der Waals surface area contributed by atoms with Gasteiger partial charge in [-0.25, -0.2) is 14.4 Å². The van der Waals surface area contributed by atoms with Crippen molar-refractivity contribution in [2.75, 3.05) is 38.3 Å². The number of amides is 1. The van der Waals surface area contributed by atoms with Gasteiger partial charge < -0.3 is 15.0 Å². The third-order valence-corrected chi connectivity index (χ3v) is 4.58. The van der Waals surface area contributed by atoms with Crippen LogP contribution in [0.2, 0.25) is 0 Å². The smallest absolute Gasteiger partial charge is 0.223 e. The Bertz CT molecular complexity index is 732. The third kappa shape index (κ3) is 4.04. The number of carbonyl (C=O) groups excluding carboxylic acids is 1. The second kappa shape index (κ2) is 8.20. The van der Waals surface area contributed by atoms with Crippen molar-refractivity contribution in [1.29, 1.82) is 0 Å². The SMILES string of the molecule is COCCCNC(=O)C1CCN(c2ncnc3c(F)cccc23)CC1. The number of hydrogen-bond acceptors (Lipinski definition) is 5. The number of methoxy groups -OCH3 is 1. The Morgan fingerprint density at radius 2 is 2.16 bits per heavy atom. The second-order valence-electron chi connectivity index (χ2n) is 6.23. The molecule has 7 heteroatoms. The predicted molar refractivity (Wildman–Crippen MR) is 93.9 cm³/mol. The van der Waals surface area contributed by atoms with Crippen molar-refractivity contribution in [2.45, 2.75) is 19.3 Å². The van der Waals surface area contributed by atoms with Gasteiger partial charge in [0.15, 0.2) is 0 Å². The van der Waals surface area contributed by atoms with Crippen LogP contribution >= 0.6 is 0 Å².